The summed E-state index contributed by atoms with van der Waals surface area (Å²) in [4.78, 5) is 20.9. The highest BCUT2D eigenvalue weighted by Gasteiger charge is 2.26. The number of aromatic nitrogens is 2. The van der Waals surface area contributed by atoms with Crippen molar-refractivity contribution in [3.63, 3.8) is 0 Å². The van der Waals surface area contributed by atoms with Gasteiger partial charge < -0.3 is 15.4 Å². The smallest absolute Gasteiger partial charge is 0.259 e. The molecule has 1 aromatic carbocycles. The number of rotatable bonds is 7. The number of nitrogens with zero attached hydrogens (tertiary/aromatic N) is 2. The lowest BCUT2D eigenvalue weighted by Crippen LogP contribution is -2.15. The van der Waals surface area contributed by atoms with E-state index in [-0.39, 0.29) is 12.1 Å². The first-order chi connectivity index (χ1) is 15.1. The van der Waals surface area contributed by atoms with Crippen molar-refractivity contribution in [3.05, 3.63) is 64.9 Å². The van der Waals surface area contributed by atoms with Crippen LogP contribution < -0.4 is 16.0 Å². The van der Waals surface area contributed by atoms with Crippen LogP contribution in [0, 0.1) is 6.92 Å². The Labute approximate surface area is 187 Å². The third-order valence-corrected chi connectivity index (χ3v) is 5.19. The maximum atomic E-state index is 12.5. The SMILES string of the molecule is CCCOCCC.Cc1cc(C2Nc3cccc(C(=O)Nc4nccs4)c3N2)ccn1. The lowest BCUT2D eigenvalue weighted by molar-refractivity contribution is 0.102. The monoisotopic (exact) mass is 439 g/mol. The zero-order valence-corrected chi connectivity index (χ0v) is 19.0. The molecular formula is C23H29N5O2S. The molecule has 0 radical (unpaired) electrons. The molecule has 0 aliphatic carbocycles. The first-order valence-corrected chi connectivity index (χ1v) is 11.4. The molecule has 7 nitrogen and oxygen atoms in total. The van der Waals surface area contributed by atoms with Crippen LogP contribution in [-0.2, 0) is 4.74 Å². The molecular weight excluding hydrogens is 410 g/mol. The van der Waals surface area contributed by atoms with E-state index in [0.717, 1.165) is 48.7 Å². The van der Waals surface area contributed by atoms with Gasteiger partial charge in [0.25, 0.3) is 5.91 Å². The van der Waals surface area contributed by atoms with E-state index in [1.807, 2.05) is 36.6 Å². The van der Waals surface area contributed by atoms with Crippen LogP contribution in [0.2, 0.25) is 0 Å². The fourth-order valence-corrected chi connectivity index (χ4v) is 3.63. The molecule has 1 aliphatic heterocycles. The van der Waals surface area contributed by atoms with Gasteiger partial charge in [0.1, 0.15) is 6.17 Å². The second-order valence-corrected chi connectivity index (χ2v) is 7.98. The number of amides is 1. The predicted molar refractivity (Wildman–Crippen MR) is 127 cm³/mol. The van der Waals surface area contributed by atoms with Crippen molar-refractivity contribution < 1.29 is 9.53 Å². The summed E-state index contributed by atoms with van der Waals surface area (Å²) in [5, 5.41) is 12.0. The van der Waals surface area contributed by atoms with E-state index < -0.39 is 0 Å². The zero-order chi connectivity index (χ0) is 22.1. The first kappa shape index (κ1) is 22.7. The standard InChI is InChI=1S/C17H15N5OS.C6H14O/c1-10-9-11(5-6-18-10)15-20-13-4-2-3-12(14(13)21-15)16(23)22-17-19-7-8-24-17;1-3-5-7-6-4-2/h2-9,15,20-21H,1H3,(H,19,22,23);3-6H2,1-2H3. The molecule has 0 fully saturated rings. The minimum Gasteiger partial charge on any atom is -0.381 e. The fourth-order valence-electron chi connectivity index (χ4n) is 3.11. The Balaban J connectivity index is 0.000000339. The predicted octanol–water partition coefficient (Wildman–Crippen LogP) is 5.46. The molecule has 0 spiro atoms. The van der Waals surface area contributed by atoms with Crippen LogP contribution in [0.3, 0.4) is 0 Å². The molecule has 4 rings (SSSR count). The van der Waals surface area contributed by atoms with Gasteiger partial charge in [-0.25, -0.2) is 4.98 Å². The van der Waals surface area contributed by atoms with Gasteiger partial charge in [-0.2, -0.15) is 0 Å². The van der Waals surface area contributed by atoms with Gasteiger partial charge in [0.05, 0.1) is 16.9 Å². The van der Waals surface area contributed by atoms with Crippen LogP contribution in [-0.4, -0.2) is 29.1 Å². The molecule has 31 heavy (non-hydrogen) atoms. The van der Waals surface area contributed by atoms with Crippen LogP contribution in [0.25, 0.3) is 0 Å². The topological polar surface area (TPSA) is 88.2 Å². The molecule has 3 aromatic rings. The second kappa shape index (κ2) is 11.4. The number of carbonyl (C=O) groups excluding carboxylic acids is 1. The number of fused-ring (bicyclic) bond motifs is 1. The number of hydrogen-bond acceptors (Lipinski definition) is 7. The van der Waals surface area contributed by atoms with Crippen molar-refractivity contribution >= 4 is 33.8 Å². The zero-order valence-electron chi connectivity index (χ0n) is 18.1. The highest BCUT2D eigenvalue weighted by molar-refractivity contribution is 7.13. The van der Waals surface area contributed by atoms with Gasteiger partial charge in [0.2, 0.25) is 0 Å². The molecule has 164 valence electrons. The van der Waals surface area contributed by atoms with Gasteiger partial charge in [-0.05, 0) is 49.6 Å². The molecule has 8 heteroatoms. The summed E-state index contributed by atoms with van der Waals surface area (Å²) in [6.45, 7) is 8.05. The van der Waals surface area contributed by atoms with Gasteiger partial charge in [0.15, 0.2) is 5.13 Å². The maximum Gasteiger partial charge on any atom is 0.259 e. The van der Waals surface area contributed by atoms with E-state index in [1.54, 1.807) is 18.5 Å². The van der Waals surface area contributed by atoms with E-state index in [4.69, 9.17) is 4.74 Å². The lowest BCUT2D eigenvalue weighted by atomic mass is 10.1. The van der Waals surface area contributed by atoms with Crippen molar-refractivity contribution in [2.24, 2.45) is 0 Å². The molecule has 1 unspecified atom stereocenters. The van der Waals surface area contributed by atoms with E-state index in [0.29, 0.717) is 10.7 Å². The van der Waals surface area contributed by atoms with Gasteiger partial charge in [-0.1, -0.05) is 19.9 Å². The van der Waals surface area contributed by atoms with Gasteiger partial charge >= 0.3 is 0 Å². The summed E-state index contributed by atoms with van der Waals surface area (Å²) < 4.78 is 5.13. The number of para-hydroxylation sites is 1. The highest BCUT2D eigenvalue weighted by atomic mass is 32.1. The van der Waals surface area contributed by atoms with Crippen molar-refractivity contribution in [1.29, 1.82) is 0 Å². The molecule has 0 saturated heterocycles. The average Bonchev–Trinajstić information content (AvgIpc) is 3.44. The third kappa shape index (κ3) is 6.26. The van der Waals surface area contributed by atoms with Crippen LogP contribution in [0.4, 0.5) is 16.5 Å². The maximum absolute atomic E-state index is 12.5. The largest absolute Gasteiger partial charge is 0.381 e. The van der Waals surface area contributed by atoms with Gasteiger partial charge in [-0.15, -0.1) is 11.3 Å². The molecule has 3 heterocycles. The number of ether oxygens (including phenoxy) is 1. The van der Waals surface area contributed by atoms with Crippen LogP contribution in [0.15, 0.2) is 48.1 Å². The number of aryl methyl sites for hydroxylation is 1. The minimum absolute atomic E-state index is 0.0875. The van der Waals surface area contributed by atoms with Crippen LogP contribution in [0.5, 0.6) is 0 Å². The van der Waals surface area contributed by atoms with Crippen molar-refractivity contribution in [1.82, 2.24) is 9.97 Å². The molecule has 0 bridgehead atoms. The summed E-state index contributed by atoms with van der Waals surface area (Å²) in [6, 6.07) is 9.60. The number of benzene rings is 1. The molecule has 3 N–H and O–H groups in total. The number of nitrogens with one attached hydrogen (secondary N) is 3. The Morgan fingerprint density at radius 2 is 1.94 bits per heavy atom. The van der Waals surface area contributed by atoms with Crippen molar-refractivity contribution in [2.75, 3.05) is 29.2 Å². The van der Waals surface area contributed by atoms with Crippen LogP contribution in [0.1, 0.15) is 54.5 Å². The number of carbonyl (C=O) groups is 1. The fraction of sp³-hybridized carbons (Fsp3) is 0.348. The molecule has 1 aliphatic rings. The van der Waals surface area contributed by atoms with Crippen LogP contribution >= 0.6 is 11.3 Å². The Morgan fingerprint density at radius 3 is 2.61 bits per heavy atom. The van der Waals surface area contributed by atoms with Gasteiger partial charge in [0, 0.05) is 36.7 Å². The van der Waals surface area contributed by atoms with E-state index >= 15 is 0 Å². The summed E-state index contributed by atoms with van der Waals surface area (Å²) in [5.41, 5.74) is 4.31. The summed E-state index contributed by atoms with van der Waals surface area (Å²) in [7, 11) is 0. The highest BCUT2D eigenvalue weighted by Crippen LogP contribution is 2.38. The average molecular weight is 440 g/mol. The van der Waals surface area contributed by atoms with Crippen molar-refractivity contribution in [3.8, 4) is 0 Å². The Kier molecular flexibility index (Phi) is 8.37. The summed E-state index contributed by atoms with van der Waals surface area (Å²) >= 11 is 1.39. The summed E-state index contributed by atoms with van der Waals surface area (Å²) in [6.07, 6.45) is 5.64. The van der Waals surface area contributed by atoms with E-state index in [2.05, 4.69) is 39.8 Å². The van der Waals surface area contributed by atoms with Crippen molar-refractivity contribution in [2.45, 2.75) is 39.8 Å². The molecule has 1 amide bonds. The first-order valence-electron chi connectivity index (χ1n) is 10.5. The summed E-state index contributed by atoms with van der Waals surface area (Å²) in [5.74, 6) is -0.178. The molecule has 1 atom stereocenters. The Hall–Kier alpha value is -2.97. The van der Waals surface area contributed by atoms with E-state index in [9.17, 15) is 4.79 Å². The number of thiazole rings is 1. The Morgan fingerprint density at radius 1 is 1.13 bits per heavy atom. The second-order valence-electron chi connectivity index (χ2n) is 7.08. The third-order valence-electron chi connectivity index (χ3n) is 4.50. The number of pyridine rings is 1. The van der Waals surface area contributed by atoms with Gasteiger partial charge in [-0.3, -0.25) is 15.1 Å². The molecule has 0 saturated carbocycles. The lowest BCUT2D eigenvalue weighted by Gasteiger charge is -2.13. The number of anilines is 3. The quantitative estimate of drug-likeness (QED) is 0.424. The minimum atomic E-state index is -0.178. The molecule has 2 aromatic heterocycles. The number of hydrogen-bond donors (Lipinski definition) is 3. The Bertz CT molecular complexity index is 974. The normalized spacial score (nSPS) is 14.0. The van der Waals surface area contributed by atoms with E-state index in [1.165, 1.54) is 11.3 Å².